The van der Waals surface area contributed by atoms with Crippen molar-refractivity contribution in [2.24, 2.45) is 17.6 Å². The van der Waals surface area contributed by atoms with E-state index >= 15 is 0 Å². The van der Waals surface area contributed by atoms with Gasteiger partial charge in [-0.1, -0.05) is 12.2 Å². The number of nitrogens with zero attached hydrogens (tertiary/aromatic N) is 2. The first-order valence-corrected chi connectivity index (χ1v) is 6.54. The number of hydrogen-bond donors (Lipinski definition) is 2. The topological polar surface area (TPSA) is 63.8 Å². The molecule has 0 aliphatic heterocycles. The van der Waals surface area contributed by atoms with E-state index in [-0.39, 0.29) is 0 Å². The van der Waals surface area contributed by atoms with Crippen LogP contribution in [-0.4, -0.2) is 21.2 Å². The van der Waals surface area contributed by atoms with E-state index in [2.05, 4.69) is 15.5 Å². The van der Waals surface area contributed by atoms with Crippen molar-refractivity contribution < 1.29 is 0 Å². The molecule has 0 saturated heterocycles. The molecule has 2 aliphatic rings. The minimum Gasteiger partial charge on any atom is -0.389 e. The van der Waals surface area contributed by atoms with Crippen LogP contribution in [0.25, 0.3) is 0 Å². The fourth-order valence-electron chi connectivity index (χ4n) is 2.33. The second-order valence-electron chi connectivity index (χ2n) is 5.00. The van der Waals surface area contributed by atoms with Crippen molar-refractivity contribution in [3.05, 3.63) is 17.8 Å². The van der Waals surface area contributed by atoms with Crippen molar-refractivity contribution >= 4 is 23.0 Å². The van der Waals surface area contributed by atoms with Gasteiger partial charge in [0.05, 0.1) is 11.8 Å². The largest absolute Gasteiger partial charge is 0.389 e. The molecule has 1 aromatic rings. The second-order valence-corrected chi connectivity index (χ2v) is 5.44. The van der Waals surface area contributed by atoms with Crippen molar-refractivity contribution in [2.75, 3.05) is 5.32 Å². The van der Waals surface area contributed by atoms with E-state index in [1.54, 1.807) is 6.20 Å². The predicted octanol–water partition coefficient (Wildman–Crippen LogP) is 1.71. The molecule has 1 heterocycles. The van der Waals surface area contributed by atoms with Crippen LogP contribution in [0, 0.1) is 11.8 Å². The highest BCUT2D eigenvalue weighted by Gasteiger charge is 2.41. The van der Waals surface area contributed by atoms with E-state index < -0.39 is 0 Å². The number of thiocarbonyl (C=S) groups is 1. The van der Waals surface area contributed by atoms with Crippen LogP contribution < -0.4 is 11.1 Å². The Labute approximate surface area is 106 Å². The predicted molar refractivity (Wildman–Crippen MR) is 70.8 cm³/mol. The van der Waals surface area contributed by atoms with E-state index in [9.17, 15) is 0 Å². The molecule has 0 atom stereocenters. The normalized spacial score (nSPS) is 19.4. The zero-order valence-corrected chi connectivity index (χ0v) is 10.4. The minimum atomic E-state index is 0.382. The highest BCUT2D eigenvalue weighted by atomic mass is 32.1. The zero-order chi connectivity index (χ0) is 11.8. The van der Waals surface area contributed by atoms with Crippen molar-refractivity contribution in [3.63, 3.8) is 0 Å². The number of nitrogens with two attached hydrogens (primary N) is 1. The monoisotopic (exact) mass is 248 g/mol. The van der Waals surface area contributed by atoms with Crippen molar-refractivity contribution in [3.8, 4) is 0 Å². The summed E-state index contributed by atoms with van der Waals surface area (Å²) in [6, 6.07) is 2.37. The first kappa shape index (κ1) is 10.9. The van der Waals surface area contributed by atoms with Crippen LogP contribution >= 0.6 is 12.2 Å². The maximum absolute atomic E-state index is 5.70. The molecule has 0 amide bonds. The third kappa shape index (κ3) is 2.39. The van der Waals surface area contributed by atoms with Crippen LogP contribution in [0.15, 0.2) is 12.3 Å². The van der Waals surface area contributed by atoms with Crippen molar-refractivity contribution in [2.45, 2.75) is 31.7 Å². The molecule has 90 valence electrons. The Morgan fingerprint density at radius 3 is 2.53 bits per heavy atom. The van der Waals surface area contributed by atoms with E-state index in [1.807, 2.05) is 6.07 Å². The summed E-state index contributed by atoms with van der Waals surface area (Å²) < 4.78 is 0. The van der Waals surface area contributed by atoms with Gasteiger partial charge in [-0.25, -0.2) is 0 Å². The van der Waals surface area contributed by atoms with Crippen LogP contribution in [0.2, 0.25) is 0 Å². The number of rotatable bonds is 5. The van der Waals surface area contributed by atoms with E-state index in [4.69, 9.17) is 18.0 Å². The molecular weight excluding hydrogens is 232 g/mol. The number of nitrogens with one attached hydrogen (secondary N) is 1. The molecule has 3 N–H and O–H groups in total. The smallest absolute Gasteiger partial charge is 0.159 e. The summed E-state index contributed by atoms with van der Waals surface area (Å²) in [6.45, 7) is 0. The molecule has 2 saturated carbocycles. The van der Waals surface area contributed by atoms with Crippen LogP contribution in [0.1, 0.15) is 31.2 Å². The Morgan fingerprint density at radius 1 is 1.35 bits per heavy atom. The standard InChI is InChI=1S/C12H16N4S/c13-11(17)9-5-6-14-16-12(9)15-10(7-1-2-7)8-3-4-8/h5-8,10H,1-4H2,(H2,13,17)(H,15,16). The summed E-state index contributed by atoms with van der Waals surface area (Å²) in [6.07, 6.45) is 6.95. The van der Waals surface area contributed by atoms with Crippen LogP contribution in [0.3, 0.4) is 0 Å². The van der Waals surface area contributed by atoms with Crippen LogP contribution in [0.5, 0.6) is 0 Å². The average molecular weight is 248 g/mol. The Hall–Kier alpha value is -1.23. The lowest BCUT2D eigenvalue weighted by molar-refractivity contribution is 0.564. The number of hydrogen-bond acceptors (Lipinski definition) is 4. The summed E-state index contributed by atoms with van der Waals surface area (Å²) in [4.78, 5) is 0.382. The SMILES string of the molecule is NC(=S)c1ccnnc1NC(C1CC1)C1CC1. The van der Waals surface area contributed by atoms with Gasteiger partial charge in [-0.3, -0.25) is 0 Å². The van der Waals surface area contributed by atoms with Crippen molar-refractivity contribution in [1.82, 2.24) is 10.2 Å². The third-order valence-corrected chi connectivity index (χ3v) is 3.77. The lowest BCUT2D eigenvalue weighted by Gasteiger charge is -2.19. The Morgan fingerprint density at radius 2 is 2.00 bits per heavy atom. The Balaban J connectivity index is 1.80. The van der Waals surface area contributed by atoms with Gasteiger partial charge in [0.2, 0.25) is 0 Å². The Kier molecular flexibility index (Phi) is 2.70. The molecule has 3 rings (SSSR count). The summed E-state index contributed by atoms with van der Waals surface area (Å²) in [5, 5.41) is 11.6. The molecule has 5 heteroatoms. The van der Waals surface area contributed by atoms with Gasteiger partial charge >= 0.3 is 0 Å². The van der Waals surface area contributed by atoms with Gasteiger partial charge in [-0.15, -0.1) is 5.10 Å². The molecule has 0 unspecified atom stereocenters. The highest BCUT2D eigenvalue weighted by molar-refractivity contribution is 7.80. The zero-order valence-electron chi connectivity index (χ0n) is 9.60. The first-order chi connectivity index (χ1) is 8.25. The molecule has 1 aromatic heterocycles. The van der Waals surface area contributed by atoms with Crippen LogP contribution in [0.4, 0.5) is 5.82 Å². The first-order valence-electron chi connectivity index (χ1n) is 6.13. The lowest BCUT2D eigenvalue weighted by Crippen LogP contribution is -2.27. The lowest BCUT2D eigenvalue weighted by atomic mass is 10.1. The summed E-state index contributed by atoms with van der Waals surface area (Å²) >= 11 is 5.04. The van der Waals surface area contributed by atoms with Gasteiger partial charge < -0.3 is 11.1 Å². The number of aromatic nitrogens is 2. The molecule has 17 heavy (non-hydrogen) atoms. The third-order valence-electron chi connectivity index (χ3n) is 3.55. The maximum Gasteiger partial charge on any atom is 0.159 e. The summed E-state index contributed by atoms with van der Waals surface area (Å²) in [5.74, 6) is 2.37. The molecule has 0 spiro atoms. The quantitative estimate of drug-likeness (QED) is 0.777. The molecule has 0 bridgehead atoms. The molecule has 0 radical (unpaired) electrons. The van der Waals surface area contributed by atoms with Crippen LogP contribution in [-0.2, 0) is 0 Å². The number of anilines is 1. The molecule has 2 aliphatic carbocycles. The maximum atomic E-state index is 5.70. The molecular formula is C12H16N4S. The van der Waals surface area contributed by atoms with Gasteiger partial charge in [0.15, 0.2) is 5.82 Å². The molecule has 0 aromatic carbocycles. The van der Waals surface area contributed by atoms with Gasteiger partial charge in [0.25, 0.3) is 0 Å². The minimum absolute atomic E-state index is 0.382. The second kappa shape index (κ2) is 4.22. The fraction of sp³-hybridized carbons (Fsp3) is 0.583. The van der Waals surface area contributed by atoms with Gasteiger partial charge in [-0.05, 0) is 43.6 Å². The van der Waals surface area contributed by atoms with E-state index in [1.165, 1.54) is 25.7 Å². The molecule has 2 fully saturated rings. The van der Waals surface area contributed by atoms with Crippen molar-refractivity contribution in [1.29, 1.82) is 0 Å². The van der Waals surface area contributed by atoms with E-state index in [0.29, 0.717) is 11.0 Å². The fourth-order valence-corrected chi connectivity index (χ4v) is 2.49. The van der Waals surface area contributed by atoms with Gasteiger partial charge in [0.1, 0.15) is 4.99 Å². The molecule has 4 nitrogen and oxygen atoms in total. The highest BCUT2D eigenvalue weighted by Crippen LogP contribution is 2.45. The Bertz CT molecular complexity index is 428. The van der Waals surface area contributed by atoms with E-state index in [0.717, 1.165) is 23.2 Å². The summed E-state index contributed by atoms with van der Waals surface area (Å²) in [7, 11) is 0. The van der Waals surface area contributed by atoms with Gasteiger partial charge in [-0.2, -0.15) is 5.10 Å². The average Bonchev–Trinajstić information content (AvgIpc) is 3.16. The summed E-state index contributed by atoms with van der Waals surface area (Å²) in [5.41, 5.74) is 6.50. The van der Waals surface area contributed by atoms with Gasteiger partial charge in [0, 0.05) is 6.04 Å².